The van der Waals surface area contributed by atoms with Gasteiger partial charge in [-0.05, 0) is 36.1 Å². The number of hydrogen-bond donors (Lipinski definition) is 1. The second-order valence-corrected chi connectivity index (χ2v) is 10.1. The van der Waals surface area contributed by atoms with Crippen molar-refractivity contribution in [2.45, 2.75) is 31.5 Å². The van der Waals surface area contributed by atoms with Gasteiger partial charge in [-0.3, -0.25) is 4.79 Å². The highest BCUT2D eigenvalue weighted by molar-refractivity contribution is 6.38. The normalized spacial score (nSPS) is 16.6. The Morgan fingerprint density at radius 2 is 1.79 bits per heavy atom. The zero-order valence-electron chi connectivity index (χ0n) is 20.8. The summed E-state index contributed by atoms with van der Waals surface area (Å²) in [6.07, 6.45) is -0.476. The van der Waals surface area contributed by atoms with Gasteiger partial charge in [0.25, 0.3) is 0 Å². The van der Waals surface area contributed by atoms with Crippen LogP contribution in [0.5, 0.6) is 0 Å². The number of aliphatic hydroxyl groups is 1. The van der Waals surface area contributed by atoms with Crippen molar-refractivity contribution in [1.82, 2.24) is 19.4 Å². The van der Waals surface area contributed by atoms with E-state index in [1.54, 1.807) is 71.5 Å². The number of pyridine rings is 1. The number of amides is 1. The van der Waals surface area contributed by atoms with Crippen LogP contribution in [0.4, 0.5) is 13.2 Å². The number of aromatic nitrogens is 3. The van der Waals surface area contributed by atoms with E-state index in [2.05, 4.69) is 9.97 Å². The molecule has 0 spiro atoms. The van der Waals surface area contributed by atoms with Crippen molar-refractivity contribution in [1.29, 1.82) is 0 Å². The van der Waals surface area contributed by atoms with Crippen molar-refractivity contribution in [2.75, 3.05) is 13.1 Å². The molecule has 5 rings (SSSR count). The predicted octanol–water partition coefficient (Wildman–Crippen LogP) is 5.80. The highest BCUT2D eigenvalue weighted by Crippen LogP contribution is 2.46. The molecule has 38 heavy (non-hydrogen) atoms. The van der Waals surface area contributed by atoms with Crippen molar-refractivity contribution in [2.24, 2.45) is 13.0 Å². The van der Waals surface area contributed by atoms with E-state index >= 15 is 0 Å². The molecule has 1 aliphatic heterocycles. The first-order valence-corrected chi connectivity index (χ1v) is 12.6. The minimum atomic E-state index is -4.72. The number of fused-ring (bicyclic) bond motifs is 1. The predicted molar refractivity (Wildman–Crippen MR) is 138 cm³/mol. The summed E-state index contributed by atoms with van der Waals surface area (Å²) in [6, 6.07) is 12.8. The quantitative estimate of drug-likeness (QED) is 0.354. The summed E-state index contributed by atoms with van der Waals surface area (Å²) < 4.78 is 43.9. The Morgan fingerprint density at radius 1 is 1.11 bits per heavy atom. The molecule has 198 valence electrons. The van der Waals surface area contributed by atoms with E-state index in [9.17, 15) is 23.1 Å². The highest BCUT2D eigenvalue weighted by Gasteiger charge is 2.44. The Balaban J connectivity index is 1.71. The molecule has 0 saturated carbocycles. The van der Waals surface area contributed by atoms with Gasteiger partial charge in [-0.15, -0.1) is 0 Å². The molecule has 2 aromatic carbocycles. The number of likely N-dealkylation sites (tertiary alicyclic amines) is 1. The molecular formula is C28H26ClF3N4O2. The Hall–Kier alpha value is -3.43. The molecule has 1 fully saturated rings. The van der Waals surface area contributed by atoms with Crippen LogP contribution in [-0.2, 0) is 23.6 Å². The van der Waals surface area contributed by atoms with Crippen LogP contribution in [0, 0.1) is 5.92 Å². The lowest BCUT2D eigenvalue weighted by Gasteiger charge is -2.42. The van der Waals surface area contributed by atoms with Crippen molar-refractivity contribution in [3.63, 3.8) is 0 Å². The van der Waals surface area contributed by atoms with Gasteiger partial charge in [0.1, 0.15) is 5.60 Å². The SMILES string of the molecule is CC(=O)N1CCC(C(O)(c2ccc3nc(C(F)(F)F)c(-c4ccccc4)c(Cl)c3c2)c2cncn2C)CC1. The van der Waals surface area contributed by atoms with E-state index in [-0.39, 0.29) is 27.9 Å². The summed E-state index contributed by atoms with van der Waals surface area (Å²) in [5, 5.41) is 12.6. The standard InChI is InChI=1S/C28H26ClF3N4O2/c1-17(37)36-12-10-19(11-13-36)27(38,23-15-33-16-35(23)2)20-8-9-22-21(14-20)25(29)24(18-6-4-3-5-7-18)26(34-22)28(30,31)32/h3-9,14-16,19,38H,10-13H2,1-2H3. The van der Waals surface area contributed by atoms with Crippen molar-refractivity contribution in [3.05, 3.63) is 83.0 Å². The minimum absolute atomic E-state index is 0.0232. The Morgan fingerprint density at radius 3 is 2.37 bits per heavy atom. The molecular weight excluding hydrogens is 517 g/mol. The third-order valence-corrected chi connectivity index (χ3v) is 7.82. The molecule has 0 bridgehead atoms. The molecule has 0 aliphatic carbocycles. The van der Waals surface area contributed by atoms with Crippen LogP contribution >= 0.6 is 11.6 Å². The Labute approximate surface area is 222 Å². The molecule has 3 heterocycles. The van der Waals surface area contributed by atoms with E-state index in [1.807, 2.05) is 0 Å². The first-order valence-electron chi connectivity index (χ1n) is 12.2. The van der Waals surface area contributed by atoms with Crippen LogP contribution in [0.2, 0.25) is 5.02 Å². The van der Waals surface area contributed by atoms with Gasteiger partial charge in [-0.1, -0.05) is 48.0 Å². The molecule has 2 aromatic heterocycles. The van der Waals surface area contributed by atoms with E-state index in [0.717, 1.165) is 0 Å². The number of carbonyl (C=O) groups excluding carboxylic acids is 1. The number of piperidine rings is 1. The molecule has 1 unspecified atom stereocenters. The lowest BCUT2D eigenvalue weighted by molar-refractivity contribution is -0.140. The average Bonchev–Trinajstić information content (AvgIpc) is 3.34. The smallest absolute Gasteiger partial charge is 0.378 e. The van der Waals surface area contributed by atoms with Gasteiger partial charge in [0.05, 0.1) is 28.8 Å². The maximum atomic E-state index is 14.1. The van der Waals surface area contributed by atoms with Gasteiger partial charge in [0.15, 0.2) is 5.69 Å². The van der Waals surface area contributed by atoms with Crippen molar-refractivity contribution < 1.29 is 23.1 Å². The fraction of sp³-hybridized carbons (Fsp3) is 0.321. The van der Waals surface area contributed by atoms with Crippen LogP contribution in [0.1, 0.15) is 36.7 Å². The number of hydrogen-bond acceptors (Lipinski definition) is 4. The fourth-order valence-corrected chi connectivity index (χ4v) is 5.81. The zero-order chi connectivity index (χ0) is 27.2. The van der Waals surface area contributed by atoms with Gasteiger partial charge >= 0.3 is 6.18 Å². The van der Waals surface area contributed by atoms with Gasteiger partial charge in [-0.2, -0.15) is 13.2 Å². The number of imidazole rings is 1. The van der Waals surface area contributed by atoms with Crippen LogP contribution in [0.3, 0.4) is 0 Å². The average molecular weight is 543 g/mol. The van der Waals surface area contributed by atoms with E-state index < -0.39 is 17.5 Å². The first-order chi connectivity index (χ1) is 18.0. The first kappa shape index (κ1) is 26.2. The molecule has 1 amide bonds. The van der Waals surface area contributed by atoms with Crippen molar-refractivity contribution in [3.8, 4) is 11.1 Å². The third-order valence-electron chi connectivity index (χ3n) is 7.43. The van der Waals surface area contributed by atoms with Gasteiger partial charge < -0.3 is 14.6 Å². The second kappa shape index (κ2) is 9.71. The van der Waals surface area contributed by atoms with Crippen LogP contribution < -0.4 is 0 Å². The number of nitrogens with zero attached hydrogens (tertiary/aromatic N) is 4. The molecule has 1 saturated heterocycles. The van der Waals surface area contributed by atoms with E-state index in [1.165, 1.54) is 13.0 Å². The number of carbonyl (C=O) groups is 1. The number of benzene rings is 2. The van der Waals surface area contributed by atoms with Gasteiger partial charge in [0.2, 0.25) is 5.91 Å². The van der Waals surface area contributed by atoms with Gasteiger partial charge in [0, 0.05) is 43.9 Å². The van der Waals surface area contributed by atoms with Crippen molar-refractivity contribution >= 4 is 28.4 Å². The monoisotopic (exact) mass is 542 g/mol. The highest BCUT2D eigenvalue weighted by atomic mass is 35.5. The topological polar surface area (TPSA) is 71.2 Å². The van der Waals surface area contributed by atoms with Crippen LogP contribution in [-0.4, -0.2) is 43.5 Å². The minimum Gasteiger partial charge on any atom is -0.378 e. The number of aryl methyl sites for hydroxylation is 1. The molecule has 1 aliphatic rings. The van der Waals surface area contributed by atoms with Gasteiger partial charge in [-0.25, -0.2) is 9.97 Å². The summed E-state index contributed by atoms with van der Waals surface area (Å²) in [4.78, 5) is 21.8. The second-order valence-electron chi connectivity index (χ2n) is 9.68. The van der Waals surface area contributed by atoms with E-state index in [4.69, 9.17) is 11.6 Å². The summed E-state index contributed by atoms with van der Waals surface area (Å²) in [5.74, 6) is -0.300. The summed E-state index contributed by atoms with van der Waals surface area (Å²) in [6.45, 7) is 2.50. The summed E-state index contributed by atoms with van der Waals surface area (Å²) in [7, 11) is 1.77. The van der Waals surface area contributed by atoms with E-state index in [0.29, 0.717) is 48.1 Å². The molecule has 1 atom stereocenters. The van der Waals surface area contributed by atoms with Crippen LogP contribution in [0.25, 0.3) is 22.0 Å². The summed E-state index contributed by atoms with van der Waals surface area (Å²) in [5.41, 5.74) is -1.42. The third kappa shape index (κ3) is 4.43. The Kier molecular flexibility index (Phi) is 6.69. The zero-order valence-corrected chi connectivity index (χ0v) is 21.6. The molecule has 0 radical (unpaired) electrons. The number of halogens is 4. The fourth-order valence-electron chi connectivity index (χ4n) is 5.46. The Bertz CT molecular complexity index is 1500. The molecule has 4 aromatic rings. The lowest BCUT2D eigenvalue weighted by atomic mass is 9.73. The maximum Gasteiger partial charge on any atom is 0.434 e. The lowest BCUT2D eigenvalue weighted by Crippen LogP contribution is -2.46. The maximum absolute atomic E-state index is 14.1. The molecule has 6 nitrogen and oxygen atoms in total. The van der Waals surface area contributed by atoms with Crippen LogP contribution in [0.15, 0.2) is 61.1 Å². The largest absolute Gasteiger partial charge is 0.434 e. The summed E-state index contributed by atoms with van der Waals surface area (Å²) >= 11 is 6.72. The number of alkyl halides is 3. The number of rotatable bonds is 4. The molecule has 10 heteroatoms. The molecule has 1 N–H and O–H groups in total.